The molecular formula is C23H21ClN2O7S. The Morgan fingerprint density at radius 2 is 1.85 bits per heavy atom. The predicted octanol–water partition coefficient (Wildman–Crippen LogP) is 3.37. The van der Waals surface area contributed by atoms with Crippen molar-refractivity contribution in [2.75, 3.05) is 33.9 Å². The number of thioether (sulfide) groups is 1. The molecule has 0 saturated carbocycles. The number of ether oxygens (including phenoxy) is 3. The van der Waals surface area contributed by atoms with Crippen LogP contribution in [0.15, 0.2) is 47.4 Å². The normalized spacial score (nSPS) is 14.3. The van der Waals surface area contributed by atoms with Gasteiger partial charge in [0.05, 0.1) is 24.7 Å². The molecule has 0 radical (unpaired) electrons. The van der Waals surface area contributed by atoms with E-state index >= 15 is 0 Å². The number of hydrogen-bond acceptors (Lipinski definition) is 8. The van der Waals surface area contributed by atoms with Crippen LogP contribution < -0.4 is 14.8 Å². The fourth-order valence-corrected chi connectivity index (χ4v) is 4.03. The third-order valence-corrected chi connectivity index (χ3v) is 5.77. The number of esters is 1. The molecular weight excluding hydrogens is 484 g/mol. The summed E-state index contributed by atoms with van der Waals surface area (Å²) in [5.41, 5.74) is 0.886. The van der Waals surface area contributed by atoms with Crippen LogP contribution in [0.4, 0.5) is 4.79 Å². The van der Waals surface area contributed by atoms with Gasteiger partial charge in [0, 0.05) is 18.1 Å². The summed E-state index contributed by atoms with van der Waals surface area (Å²) in [5.74, 6) is -0.686. The van der Waals surface area contributed by atoms with Crippen molar-refractivity contribution < 1.29 is 33.4 Å². The zero-order valence-corrected chi connectivity index (χ0v) is 19.9. The highest BCUT2D eigenvalue weighted by Gasteiger charge is 2.34. The monoisotopic (exact) mass is 504 g/mol. The van der Waals surface area contributed by atoms with E-state index in [1.807, 2.05) is 0 Å². The summed E-state index contributed by atoms with van der Waals surface area (Å²) in [4.78, 5) is 50.1. The van der Waals surface area contributed by atoms with Gasteiger partial charge in [-0.2, -0.15) is 0 Å². The van der Waals surface area contributed by atoms with Crippen molar-refractivity contribution in [2.24, 2.45) is 0 Å². The summed E-state index contributed by atoms with van der Waals surface area (Å²) in [6.07, 6.45) is 1.58. The second-order valence-electron chi connectivity index (χ2n) is 6.88. The van der Waals surface area contributed by atoms with Crippen LogP contribution in [0.25, 0.3) is 6.08 Å². The summed E-state index contributed by atoms with van der Waals surface area (Å²) in [6, 6.07) is 11.3. The average molecular weight is 505 g/mol. The molecule has 2 aromatic carbocycles. The largest absolute Gasteiger partial charge is 0.493 e. The van der Waals surface area contributed by atoms with Gasteiger partial charge >= 0.3 is 5.97 Å². The number of carbonyl (C=O) groups excluding carboxylic acids is 4. The number of methoxy groups -OCH3 is 2. The van der Waals surface area contributed by atoms with Crippen molar-refractivity contribution in [3.05, 3.63) is 63.5 Å². The number of rotatable bonds is 9. The van der Waals surface area contributed by atoms with Gasteiger partial charge in [-0.3, -0.25) is 19.3 Å². The first-order valence-corrected chi connectivity index (χ1v) is 11.2. The van der Waals surface area contributed by atoms with Crippen LogP contribution >= 0.6 is 23.4 Å². The van der Waals surface area contributed by atoms with Gasteiger partial charge in [0.1, 0.15) is 0 Å². The van der Waals surface area contributed by atoms with Crippen molar-refractivity contribution >= 4 is 52.5 Å². The van der Waals surface area contributed by atoms with Crippen LogP contribution in [0.3, 0.4) is 0 Å². The van der Waals surface area contributed by atoms with Crippen molar-refractivity contribution in [1.82, 2.24) is 10.2 Å². The van der Waals surface area contributed by atoms with Gasteiger partial charge in [0.15, 0.2) is 18.1 Å². The van der Waals surface area contributed by atoms with E-state index in [1.165, 1.54) is 26.4 Å². The Bertz CT molecular complexity index is 1150. The highest BCUT2D eigenvalue weighted by molar-refractivity contribution is 8.18. The Hall–Kier alpha value is -3.50. The number of hydrogen-bond donors (Lipinski definition) is 1. The first-order valence-electron chi connectivity index (χ1n) is 9.99. The summed E-state index contributed by atoms with van der Waals surface area (Å²) < 4.78 is 15.4. The molecule has 0 spiro atoms. The molecule has 3 rings (SSSR count). The molecule has 34 heavy (non-hydrogen) atoms. The number of nitrogens with zero attached hydrogens (tertiary/aromatic N) is 1. The first-order chi connectivity index (χ1) is 16.3. The van der Waals surface area contributed by atoms with Crippen molar-refractivity contribution in [2.45, 2.75) is 0 Å². The minimum absolute atomic E-state index is 0.00915. The lowest BCUT2D eigenvalue weighted by atomic mass is 10.2. The standard InChI is InChI=1S/C23H21ClN2O7S/c1-31-17-7-6-14(10-18(17)32-2)11-19-21(28)26(23(30)34-19)9-8-25-20(27)13-33-22(29)15-4-3-5-16(24)12-15/h3-7,10-12H,8-9,13H2,1-2H3,(H,25,27)/b19-11-. The van der Waals surface area contributed by atoms with Crippen molar-refractivity contribution in [3.63, 3.8) is 0 Å². The topological polar surface area (TPSA) is 111 Å². The van der Waals surface area contributed by atoms with Crippen LogP contribution in [0.1, 0.15) is 15.9 Å². The molecule has 2 aromatic rings. The second kappa shape index (κ2) is 11.6. The van der Waals surface area contributed by atoms with Crippen LogP contribution in [-0.2, 0) is 14.3 Å². The van der Waals surface area contributed by atoms with Gasteiger partial charge < -0.3 is 19.5 Å². The maximum atomic E-state index is 12.6. The van der Waals surface area contributed by atoms with Gasteiger partial charge in [0.2, 0.25) is 0 Å². The Morgan fingerprint density at radius 3 is 2.56 bits per heavy atom. The molecule has 1 N–H and O–H groups in total. The van der Waals surface area contributed by atoms with E-state index in [0.29, 0.717) is 22.1 Å². The van der Waals surface area contributed by atoms with E-state index in [2.05, 4.69) is 5.32 Å². The number of carbonyl (C=O) groups is 4. The highest BCUT2D eigenvalue weighted by Crippen LogP contribution is 2.34. The van der Waals surface area contributed by atoms with Gasteiger partial charge in [0.25, 0.3) is 17.1 Å². The SMILES string of the molecule is COc1ccc(/C=C2\SC(=O)N(CCNC(=O)COC(=O)c3cccc(Cl)c3)C2=O)cc1OC. The molecule has 1 heterocycles. The molecule has 1 fully saturated rings. The molecule has 0 aromatic heterocycles. The maximum Gasteiger partial charge on any atom is 0.338 e. The Kier molecular flexibility index (Phi) is 8.55. The molecule has 1 aliphatic heterocycles. The summed E-state index contributed by atoms with van der Waals surface area (Å²) in [5, 5.41) is 2.44. The zero-order chi connectivity index (χ0) is 24.7. The minimum atomic E-state index is -0.691. The fraction of sp³-hybridized carbons (Fsp3) is 0.217. The molecule has 0 bridgehead atoms. The highest BCUT2D eigenvalue weighted by atomic mass is 35.5. The lowest BCUT2D eigenvalue weighted by Gasteiger charge is -2.13. The van der Waals surface area contributed by atoms with E-state index in [4.69, 9.17) is 25.8 Å². The summed E-state index contributed by atoms with van der Waals surface area (Å²) >= 11 is 6.63. The quantitative estimate of drug-likeness (QED) is 0.409. The zero-order valence-electron chi connectivity index (χ0n) is 18.3. The van der Waals surface area contributed by atoms with E-state index < -0.39 is 29.6 Å². The molecule has 178 valence electrons. The van der Waals surface area contributed by atoms with Crippen LogP contribution in [-0.4, -0.2) is 61.8 Å². The van der Waals surface area contributed by atoms with Crippen LogP contribution in [0, 0.1) is 0 Å². The number of benzene rings is 2. The van der Waals surface area contributed by atoms with Crippen molar-refractivity contribution in [3.8, 4) is 11.5 Å². The molecule has 9 nitrogen and oxygen atoms in total. The molecule has 0 atom stereocenters. The Balaban J connectivity index is 1.50. The van der Waals surface area contributed by atoms with E-state index in [1.54, 1.807) is 36.4 Å². The Labute approximate surface area is 205 Å². The molecule has 3 amide bonds. The fourth-order valence-electron chi connectivity index (χ4n) is 2.97. The smallest absolute Gasteiger partial charge is 0.338 e. The number of nitrogens with one attached hydrogen (secondary N) is 1. The molecule has 11 heteroatoms. The second-order valence-corrected chi connectivity index (χ2v) is 8.31. The van der Waals surface area contributed by atoms with E-state index in [0.717, 1.165) is 16.7 Å². The molecule has 1 aliphatic rings. The summed E-state index contributed by atoms with van der Waals surface area (Å²) in [7, 11) is 3.02. The molecule has 0 unspecified atom stereocenters. The average Bonchev–Trinajstić information content (AvgIpc) is 3.09. The number of amides is 3. The van der Waals surface area contributed by atoms with Crippen LogP contribution in [0.5, 0.6) is 11.5 Å². The van der Waals surface area contributed by atoms with Gasteiger partial charge in [-0.1, -0.05) is 23.7 Å². The van der Waals surface area contributed by atoms with Gasteiger partial charge in [-0.05, 0) is 53.7 Å². The lowest BCUT2D eigenvalue weighted by molar-refractivity contribution is -0.125. The third-order valence-electron chi connectivity index (χ3n) is 4.63. The molecule has 1 saturated heterocycles. The Morgan fingerprint density at radius 1 is 1.09 bits per heavy atom. The minimum Gasteiger partial charge on any atom is -0.493 e. The first kappa shape index (κ1) is 25.1. The lowest BCUT2D eigenvalue weighted by Crippen LogP contribution is -2.38. The molecule has 0 aliphatic carbocycles. The number of imide groups is 1. The van der Waals surface area contributed by atoms with E-state index in [-0.39, 0.29) is 23.6 Å². The number of halogens is 1. The maximum absolute atomic E-state index is 12.6. The van der Waals surface area contributed by atoms with Gasteiger partial charge in [-0.15, -0.1) is 0 Å². The van der Waals surface area contributed by atoms with Crippen molar-refractivity contribution in [1.29, 1.82) is 0 Å². The van der Waals surface area contributed by atoms with Crippen LogP contribution in [0.2, 0.25) is 5.02 Å². The summed E-state index contributed by atoms with van der Waals surface area (Å²) in [6.45, 7) is -0.524. The third kappa shape index (κ3) is 6.30. The van der Waals surface area contributed by atoms with E-state index in [9.17, 15) is 19.2 Å². The predicted molar refractivity (Wildman–Crippen MR) is 127 cm³/mol. The van der Waals surface area contributed by atoms with Gasteiger partial charge in [-0.25, -0.2) is 4.79 Å².